The maximum Gasteiger partial charge on any atom is 0.346 e. The van der Waals surface area contributed by atoms with E-state index in [-0.39, 0.29) is 22.9 Å². The summed E-state index contributed by atoms with van der Waals surface area (Å²) in [6.45, 7) is 2.42. The molecule has 0 radical (unpaired) electrons. The number of nitrogens with zero attached hydrogens (tertiary/aromatic N) is 1. The SMILES string of the molecule is Cc1c(C(=O)O)sc2[nH]c(=O)n(CC3CCCO3)c(=O)c12. The number of aromatic amines is 1. The molecule has 7 nitrogen and oxygen atoms in total. The number of thiophene rings is 1. The van der Waals surface area contributed by atoms with Crippen molar-refractivity contribution in [2.24, 2.45) is 0 Å². The average molecular weight is 310 g/mol. The first-order chi connectivity index (χ1) is 9.99. The van der Waals surface area contributed by atoms with Gasteiger partial charge in [-0.2, -0.15) is 0 Å². The third-order valence-corrected chi connectivity index (χ3v) is 4.87. The van der Waals surface area contributed by atoms with E-state index in [9.17, 15) is 14.4 Å². The van der Waals surface area contributed by atoms with Crippen LogP contribution in [0.3, 0.4) is 0 Å². The number of fused-ring (bicyclic) bond motifs is 1. The van der Waals surface area contributed by atoms with Crippen LogP contribution in [0.1, 0.15) is 28.1 Å². The Labute approximate surface area is 122 Å². The highest BCUT2D eigenvalue weighted by Crippen LogP contribution is 2.26. The Hall–Kier alpha value is -1.93. The maximum absolute atomic E-state index is 12.5. The second-order valence-corrected chi connectivity index (χ2v) is 6.07. The molecule has 2 aromatic heterocycles. The zero-order valence-corrected chi connectivity index (χ0v) is 12.2. The highest BCUT2D eigenvalue weighted by molar-refractivity contribution is 7.20. The minimum absolute atomic E-state index is 0.0765. The van der Waals surface area contributed by atoms with Gasteiger partial charge in [-0.1, -0.05) is 0 Å². The molecule has 2 aromatic rings. The number of carbonyl (C=O) groups is 1. The van der Waals surface area contributed by atoms with Gasteiger partial charge in [-0.05, 0) is 25.3 Å². The van der Waals surface area contributed by atoms with Crippen molar-refractivity contribution in [3.63, 3.8) is 0 Å². The van der Waals surface area contributed by atoms with Gasteiger partial charge in [-0.25, -0.2) is 9.59 Å². The molecule has 1 atom stereocenters. The Bertz CT molecular complexity index is 825. The van der Waals surface area contributed by atoms with E-state index in [1.54, 1.807) is 6.92 Å². The quantitative estimate of drug-likeness (QED) is 0.878. The molecule has 3 rings (SSSR count). The monoisotopic (exact) mass is 310 g/mol. The van der Waals surface area contributed by atoms with Gasteiger partial charge in [0.05, 0.1) is 18.0 Å². The number of H-pyrrole nitrogens is 1. The van der Waals surface area contributed by atoms with Crippen molar-refractivity contribution < 1.29 is 14.6 Å². The van der Waals surface area contributed by atoms with Crippen molar-refractivity contribution in [3.8, 4) is 0 Å². The molecule has 3 heterocycles. The molecule has 0 spiro atoms. The summed E-state index contributed by atoms with van der Waals surface area (Å²) in [4.78, 5) is 38.7. The number of carboxylic acids is 1. The third-order valence-electron chi connectivity index (χ3n) is 3.68. The Kier molecular flexibility index (Phi) is 3.42. The number of aromatic carboxylic acids is 1. The van der Waals surface area contributed by atoms with Crippen LogP contribution >= 0.6 is 11.3 Å². The number of carboxylic acid groups (broad SMARTS) is 1. The lowest BCUT2D eigenvalue weighted by molar-refractivity contribution is 0.0701. The second kappa shape index (κ2) is 5.12. The summed E-state index contributed by atoms with van der Waals surface area (Å²) in [5, 5.41) is 9.39. The summed E-state index contributed by atoms with van der Waals surface area (Å²) in [5.74, 6) is -1.10. The highest BCUT2D eigenvalue weighted by atomic mass is 32.1. The van der Waals surface area contributed by atoms with Crippen molar-refractivity contribution in [3.05, 3.63) is 31.3 Å². The molecule has 0 saturated carbocycles. The number of ether oxygens (including phenoxy) is 1. The van der Waals surface area contributed by atoms with E-state index in [0.29, 0.717) is 17.0 Å². The van der Waals surface area contributed by atoms with E-state index in [0.717, 1.165) is 28.7 Å². The molecule has 21 heavy (non-hydrogen) atoms. The van der Waals surface area contributed by atoms with Crippen molar-refractivity contribution in [1.29, 1.82) is 0 Å². The van der Waals surface area contributed by atoms with Crippen LogP contribution in [0.15, 0.2) is 9.59 Å². The van der Waals surface area contributed by atoms with Crippen LogP contribution in [0.2, 0.25) is 0 Å². The molecule has 2 N–H and O–H groups in total. The topological polar surface area (TPSA) is 101 Å². The van der Waals surface area contributed by atoms with E-state index in [1.807, 2.05) is 0 Å². The van der Waals surface area contributed by atoms with Crippen LogP contribution in [0.5, 0.6) is 0 Å². The lowest BCUT2D eigenvalue weighted by Crippen LogP contribution is -2.38. The summed E-state index contributed by atoms with van der Waals surface area (Å²) >= 11 is 0.912. The molecule has 112 valence electrons. The molecule has 1 fully saturated rings. The van der Waals surface area contributed by atoms with Gasteiger partial charge in [0.1, 0.15) is 9.71 Å². The van der Waals surface area contributed by atoms with E-state index in [1.165, 1.54) is 0 Å². The van der Waals surface area contributed by atoms with Gasteiger partial charge in [0.15, 0.2) is 0 Å². The van der Waals surface area contributed by atoms with E-state index >= 15 is 0 Å². The van der Waals surface area contributed by atoms with E-state index < -0.39 is 17.2 Å². The van der Waals surface area contributed by atoms with Gasteiger partial charge < -0.3 is 9.84 Å². The standard InChI is InChI=1S/C13H14N2O5S/c1-6-8-10(21-9(6)12(17)18)14-13(19)15(11(8)16)5-7-3-2-4-20-7/h7H,2-5H2,1H3,(H,14,19)(H,17,18). The Morgan fingerprint density at radius 3 is 2.90 bits per heavy atom. The first-order valence-corrected chi connectivity index (χ1v) is 7.42. The smallest absolute Gasteiger partial charge is 0.346 e. The summed E-state index contributed by atoms with van der Waals surface area (Å²) in [7, 11) is 0. The second-order valence-electron chi connectivity index (χ2n) is 5.05. The largest absolute Gasteiger partial charge is 0.477 e. The van der Waals surface area contributed by atoms with Gasteiger partial charge in [-0.15, -0.1) is 11.3 Å². The molecule has 1 saturated heterocycles. The molecule has 1 unspecified atom stereocenters. The van der Waals surface area contributed by atoms with Gasteiger partial charge >= 0.3 is 11.7 Å². The molecule has 0 amide bonds. The summed E-state index contributed by atoms with van der Waals surface area (Å²) in [6.07, 6.45) is 1.59. The molecule has 1 aliphatic rings. The number of aryl methyl sites for hydroxylation is 1. The first-order valence-electron chi connectivity index (χ1n) is 6.60. The summed E-state index contributed by atoms with van der Waals surface area (Å²) < 4.78 is 6.55. The molecule has 1 aliphatic heterocycles. The predicted molar refractivity (Wildman–Crippen MR) is 77.4 cm³/mol. The minimum Gasteiger partial charge on any atom is -0.477 e. The maximum atomic E-state index is 12.5. The average Bonchev–Trinajstić information content (AvgIpc) is 3.02. The minimum atomic E-state index is -1.10. The van der Waals surface area contributed by atoms with Crippen LogP contribution in [0.4, 0.5) is 0 Å². The van der Waals surface area contributed by atoms with E-state index in [4.69, 9.17) is 9.84 Å². The normalized spacial score (nSPS) is 18.4. The summed E-state index contributed by atoms with van der Waals surface area (Å²) in [5.41, 5.74) is -0.587. The Balaban J connectivity index is 2.17. The van der Waals surface area contributed by atoms with Gasteiger partial charge in [-0.3, -0.25) is 14.3 Å². The third kappa shape index (κ3) is 2.30. The zero-order chi connectivity index (χ0) is 15.1. The van der Waals surface area contributed by atoms with Gasteiger partial charge in [0.2, 0.25) is 0 Å². The number of nitrogens with one attached hydrogen (secondary N) is 1. The molecular weight excluding hydrogens is 296 g/mol. The fourth-order valence-corrected chi connectivity index (χ4v) is 3.64. The molecular formula is C13H14N2O5S. The molecule has 0 aliphatic carbocycles. The number of rotatable bonds is 3. The van der Waals surface area contributed by atoms with Crippen molar-refractivity contribution >= 4 is 27.5 Å². The van der Waals surface area contributed by atoms with Crippen LogP contribution < -0.4 is 11.2 Å². The number of aromatic nitrogens is 2. The van der Waals surface area contributed by atoms with Crippen LogP contribution in [-0.4, -0.2) is 33.3 Å². The predicted octanol–water partition coefficient (Wildman–Crippen LogP) is 0.937. The highest BCUT2D eigenvalue weighted by Gasteiger charge is 2.22. The first kappa shape index (κ1) is 14.0. The van der Waals surface area contributed by atoms with Crippen LogP contribution in [0, 0.1) is 6.92 Å². The van der Waals surface area contributed by atoms with Gasteiger partial charge in [0, 0.05) is 6.61 Å². The van der Waals surface area contributed by atoms with Crippen molar-refractivity contribution in [1.82, 2.24) is 9.55 Å². The number of hydrogen-bond acceptors (Lipinski definition) is 5. The lowest BCUT2D eigenvalue weighted by atomic mass is 10.2. The molecule has 0 aromatic carbocycles. The van der Waals surface area contributed by atoms with E-state index in [2.05, 4.69) is 4.98 Å². The van der Waals surface area contributed by atoms with Gasteiger partial charge in [0.25, 0.3) is 5.56 Å². The molecule has 0 bridgehead atoms. The fraction of sp³-hybridized carbons (Fsp3) is 0.462. The van der Waals surface area contributed by atoms with Crippen molar-refractivity contribution in [2.45, 2.75) is 32.4 Å². The van der Waals surface area contributed by atoms with Crippen LogP contribution in [0.25, 0.3) is 10.2 Å². The molecule has 8 heteroatoms. The Morgan fingerprint density at radius 1 is 1.52 bits per heavy atom. The zero-order valence-electron chi connectivity index (χ0n) is 11.3. The van der Waals surface area contributed by atoms with Crippen molar-refractivity contribution in [2.75, 3.05) is 6.61 Å². The number of hydrogen-bond donors (Lipinski definition) is 2. The Morgan fingerprint density at radius 2 is 2.29 bits per heavy atom. The fourth-order valence-electron chi connectivity index (χ4n) is 2.61. The summed E-state index contributed by atoms with van der Waals surface area (Å²) in [6, 6.07) is 0. The van der Waals surface area contributed by atoms with Crippen LogP contribution in [-0.2, 0) is 11.3 Å². The lowest BCUT2D eigenvalue weighted by Gasteiger charge is -2.10.